The van der Waals surface area contributed by atoms with E-state index in [0.717, 1.165) is 18.4 Å². The van der Waals surface area contributed by atoms with Crippen LogP contribution in [0.3, 0.4) is 0 Å². The topological polar surface area (TPSA) is 91.0 Å². The SMILES string of the molecule is CC(C)NC(=O)[C@H]1CCCN(C(=O)c2cc(-c3cccnc3)n[nH]2)C1. The van der Waals surface area contributed by atoms with Crippen LogP contribution in [0.15, 0.2) is 30.6 Å². The molecule has 0 bridgehead atoms. The number of carbonyl (C=O) groups is 2. The number of rotatable bonds is 4. The van der Waals surface area contributed by atoms with Crippen molar-refractivity contribution in [2.45, 2.75) is 32.7 Å². The highest BCUT2D eigenvalue weighted by atomic mass is 16.2. The summed E-state index contributed by atoms with van der Waals surface area (Å²) in [5.74, 6) is -0.251. The maximum atomic E-state index is 12.7. The maximum absolute atomic E-state index is 12.7. The van der Waals surface area contributed by atoms with E-state index in [1.165, 1.54) is 0 Å². The second-order valence-electron chi connectivity index (χ2n) is 6.66. The Balaban J connectivity index is 1.68. The number of pyridine rings is 1. The minimum Gasteiger partial charge on any atom is -0.354 e. The van der Waals surface area contributed by atoms with Crippen LogP contribution in [0, 0.1) is 5.92 Å². The Morgan fingerprint density at radius 3 is 2.96 bits per heavy atom. The first kappa shape index (κ1) is 17.1. The Bertz CT molecular complexity index is 741. The highest BCUT2D eigenvalue weighted by Gasteiger charge is 2.29. The van der Waals surface area contributed by atoms with Crippen molar-refractivity contribution in [3.05, 3.63) is 36.3 Å². The van der Waals surface area contributed by atoms with Gasteiger partial charge in [-0.15, -0.1) is 0 Å². The average Bonchev–Trinajstić information content (AvgIpc) is 3.11. The molecule has 1 atom stereocenters. The van der Waals surface area contributed by atoms with Crippen molar-refractivity contribution in [3.8, 4) is 11.3 Å². The third-order valence-electron chi connectivity index (χ3n) is 4.28. The molecule has 0 spiro atoms. The molecule has 2 aromatic heterocycles. The molecule has 1 saturated heterocycles. The van der Waals surface area contributed by atoms with Crippen molar-refractivity contribution in [2.24, 2.45) is 5.92 Å². The van der Waals surface area contributed by atoms with E-state index in [2.05, 4.69) is 20.5 Å². The van der Waals surface area contributed by atoms with E-state index in [0.29, 0.717) is 24.5 Å². The second kappa shape index (κ2) is 7.46. The molecule has 0 unspecified atom stereocenters. The molecule has 1 aliphatic rings. The van der Waals surface area contributed by atoms with Gasteiger partial charge in [-0.05, 0) is 44.9 Å². The maximum Gasteiger partial charge on any atom is 0.271 e. The van der Waals surface area contributed by atoms with E-state index < -0.39 is 0 Å². The Kier molecular flexibility index (Phi) is 5.11. The van der Waals surface area contributed by atoms with Crippen LogP contribution in [0.25, 0.3) is 11.3 Å². The molecule has 2 amide bonds. The number of hydrogen-bond donors (Lipinski definition) is 2. The van der Waals surface area contributed by atoms with Crippen molar-refractivity contribution in [2.75, 3.05) is 13.1 Å². The van der Waals surface area contributed by atoms with Crippen molar-refractivity contribution in [1.29, 1.82) is 0 Å². The molecule has 7 heteroatoms. The van der Waals surface area contributed by atoms with Gasteiger partial charge in [0.25, 0.3) is 5.91 Å². The number of amides is 2. The second-order valence-corrected chi connectivity index (χ2v) is 6.66. The molecule has 0 aromatic carbocycles. The minimum atomic E-state index is -0.152. The van der Waals surface area contributed by atoms with Crippen molar-refractivity contribution in [1.82, 2.24) is 25.4 Å². The van der Waals surface area contributed by atoms with Crippen LogP contribution >= 0.6 is 0 Å². The van der Waals surface area contributed by atoms with Crippen LogP contribution in [-0.2, 0) is 4.79 Å². The van der Waals surface area contributed by atoms with Gasteiger partial charge in [0.2, 0.25) is 5.91 Å². The lowest BCUT2D eigenvalue weighted by Crippen LogP contribution is -2.46. The zero-order valence-corrected chi connectivity index (χ0v) is 14.5. The number of likely N-dealkylation sites (tertiary alicyclic amines) is 1. The first-order valence-corrected chi connectivity index (χ1v) is 8.60. The first-order chi connectivity index (χ1) is 12.0. The zero-order valence-electron chi connectivity index (χ0n) is 14.5. The van der Waals surface area contributed by atoms with Gasteiger partial charge in [-0.2, -0.15) is 5.10 Å². The molecule has 25 heavy (non-hydrogen) atoms. The van der Waals surface area contributed by atoms with Crippen molar-refractivity contribution < 1.29 is 9.59 Å². The number of H-pyrrole nitrogens is 1. The van der Waals surface area contributed by atoms with Crippen LogP contribution in [-0.4, -0.2) is 51.0 Å². The van der Waals surface area contributed by atoms with Crippen LogP contribution in [0.5, 0.6) is 0 Å². The highest BCUT2D eigenvalue weighted by molar-refractivity contribution is 5.94. The molecule has 2 N–H and O–H groups in total. The number of piperidine rings is 1. The summed E-state index contributed by atoms with van der Waals surface area (Å²) in [6.45, 7) is 4.98. The fraction of sp³-hybridized carbons (Fsp3) is 0.444. The zero-order chi connectivity index (χ0) is 17.8. The number of aromatic amines is 1. The first-order valence-electron chi connectivity index (χ1n) is 8.60. The standard InChI is InChI=1S/C18H23N5O2/c1-12(2)20-17(24)14-6-4-8-23(11-14)18(25)16-9-15(21-22-16)13-5-3-7-19-10-13/h3,5,7,9-10,12,14H,4,6,8,11H2,1-2H3,(H,20,24)(H,21,22)/t14-/m0/s1. The lowest BCUT2D eigenvalue weighted by molar-refractivity contribution is -0.126. The summed E-state index contributed by atoms with van der Waals surface area (Å²) in [6.07, 6.45) is 5.04. The number of nitrogens with zero attached hydrogens (tertiary/aromatic N) is 3. The third kappa shape index (κ3) is 4.04. The summed E-state index contributed by atoms with van der Waals surface area (Å²) in [4.78, 5) is 30.8. The van der Waals surface area contributed by atoms with Gasteiger partial charge in [0.15, 0.2) is 0 Å². The predicted octanol–water partition coefficient (Wildman–Crippen LogP) is 1.85. The van der Waals surface area contributed by atoms with E-state index in [1.807, 2.05) is 26.0 Å². The van der Waals surface area contributed by atoms with Crippen molar-refractivity contribution >= 4 is 11.8 Å². The molecule has 0 radical (unpaired) electrons. The van der Waals surface area contributed by atoms with Crippen molar-refractivity contribution in [3.63, 3.8) is 0 Å². The van der Waals surface area contributed by atoms with Crippen LogP contribution in [0.2, 0.25) is 0 Å². The Labute approximate surface area is 146 Å². The fourth-order valence-corrected chi connectivity index (χ4v) is 3.04. The van der Waals surface area contributed by atoms with E-state index in [4.69, 9.17) is 0 Å². The molecule has 0 aliphatic carbocycles. The molecule has 0 saturated carbocycles. The smallest absolute Gasteiger partial charge is 0.271 e. The van der Waals surface area contributed by atoms with E-state index in [1.54, 1.807) is 23.4 Å². The van der Waals surface area contributed by atoms with Gasteiger partial charge in [-0.1, -0.05) is 0 Å². The average molecular weight is 341 g/mol. The Morgan fingerprint density at radius 2 is 2.24 bits per heavy atom. The summed E-state index contributed by atoms with van der Waals surface area (Å²) in [6, 6.07) is 5.56. The Hall–Kier alpha value is -2.70. The van der Waals surface area contributed by atoms with Gasteiger partial charge in [-0.25, -0.2) is 0 Å². The van der Waals surface area contributed by atoms with E-state index in [-0.39, 0.29) is 23.8 Å². The molecule has 2 aromatic rings. The van der Waals surface area contributed by atoms with Gasteiger partial charge in [-0.3, -0.25) is 19.7 Å². The van der Waals surface area contributed by atoms with Gasteiger partial charge in [0.05, 0.1) is 11.6 Å². The van der Waals surface area contributed by atoms with Crippen LogP contribution in [0.4, 0.5) is 0 Å². The quantitative estimate of drug-likeness (QED) is 0.888. The van der Waals surface area contributed by atoms with Gasteiger partial charge < -0.3 is 10.2 Å². The molecule has 1 fully saturated rings. The predicted molar refractivity (Wildman–Crippen MR) is 93.7 cm³/mol. The third-order valence-corrected chi connectivity index (χ3v) is 4.28. The highest BCUT2D eigenvalue weighted by Crippen LogP contribution is 2.21. The van der Waals surface area contributed by atoms with Crippen LogP contribution < -0.4 is 5.32 Å². The summed E-state index contributed by atoms with van der Waals surface area (Å²) >= 11 is 0. The normalized spacial score (nSPS) is 17.6. The van der Waals surface area contributed by atoms with Gasteiger partial charge in [0, 0.05) is 37.1 Å². The summed E-state index contributed by atoms with van der Waals surface area (Å²) < 4.78 is 0. The lowest BCUT2D eigenvalue weighted by Gasteiger charge is -2.32. The molecule has 132 valence electrons. The van der Waals surface area contributed by atoms with E-state index in [9.17, 15) is 9.59 Å². The van der Waals surface area contributed by atoms with Gasteiger partial charge >= 0.3 is 0 Å². The molecule has 3 rings (SSSR count). The summed E-state index contributed by atoms with van der Waals surface area (Å²) in [5, 5.41) is 9.95. The summed E-state index contributed by atoms with van der Waals surface area (Å²) in [7, 11) is 0. The van der Waals surface area contributed by atoms with Crippen LogP contribution in [0.1, 0.15) is 37.2 Å². The largest absolute Gasteiger partial charge is 0.354 e. The van der Waals surface area contributed by atoms with Gasteiger partial charge in [0.1, 0.15) is 5.69 Å². The number of carbonyl (C=O) groups excluding carboxylic acids is 2. The minimum absolute atomic E-state index is 0.0214. The van der Waals surface area contributed by atoms with E-state index >= 15 is 0 Å². The Morgan fingerprint density at radius 1 is 1.40 bits per heavy atom. The number of nitrogens with one attached hydrogen (secondary N) is 2. The lowest BCUT2D eigenvalue weighted by atomic mass is 9.96. The fourth-order valence-electron chi connectivity index (χ4n) is 3.04. The molecule has 7 nitrogen and oxygen atoms in total. The monoisotopic (exact) mass is 341 g/mol. The molecular formula is C18H23N5O2. The number of hydrogen-bond acceptors (Lipinski definition) is 4. The summed E-state index contributed by atoms with van der Waals surface area (Å²) in [5.41, 5.74) is 1.97. The number of aromatic nitrogens is 3. The molecule has 1 aliphatic heterocycles. The molecule has 3 heterocycles. The molecular weight excluding hydrogens is 318 g/mol.